The van der Waals surface area contributed by atoms with E-state index in [0.29, 0.717) is 18.8 Å². The zero-order valence-electron chi connectivity index (χ0n) is 12.1. The highest BCUT2D eigenvalue weighted by Crippen LogP contribution is 2.20. The standard InChI is InChI=1S/C14H22N4O2/c1-3-11-9-20-10(2)7-18(11)13(19)12-8-17-6-4-5-15-14(17)16-12/h8,10-11H,3-7,9H2,1-2H3,(H,15,16). The number of hydrogen-bond donors (Lipinski definition) is 1. The fourth-order valence-electron chi connectivity index (χ4n) is 2.86. The fourth-order valence-corrected chi connectivity index (χ4v) is 2.86. The first kappa shape index (κ1) is 13.4. The Balaban J connectivity index is 1.81. The molecule has 2 unspecified atom stereocenters. The number of imidazole rings is 1. The lowest BCUT2D eigenvalue weighted by molar-refractivity contribution is -0.0445. The molecule has 2 aliphatic heterocycles. The zero-order chi connectivity index (χ0) is 14.1. The molecule has 3 heterocycles. The highest BCUT2D eigenvalue weighted by Gasteiger charge is 2.31. The van der Waals surface area contributed by atoms with E-state index in [1.807, 2.05) is 22.6 Å². The Morgan fingerprint density at radius 1 is 1.60 bits per heavy atom. The van der Waals surface area contributed by atoms with Gasteiger partial charge >= 0.3 is 0 Å². The summed E-state index contributed by atoms with van der Waals surface area (Å²) in [5, 5.41) is 3.23. The SMILES string of the molecule is CCC1COC(C)CN1C(=O)c1cn2c(n1)NCCC2. The summed E-state index contributed by atoms with van der Waals surface area (Å²) in [6.45, 7) is 7.22. The Kier molecular flexibility index (Phi) is 3.65. The van der Waals surface area contributed by atoms with E-state index in [2.05, 4.69) is 17.2 Å². The Hall–Kier alpha value is -1.56. The van der Waals surface area contributed by atoms with Crippen molar-refractivity contribution in [1.82, 2.24) is 14.5 Å². The fraction of sp³-hybridized carbons (Fsp3) is 0.714. The largest absolute Gasteiger partial charge is 0.375 e. The lowest BCUT2D eigenvalue weighted by Gasteiger charge is -2.37. The van der Waals surface area contributed by atoms with Crippen LogP contribution in [0.4, 0.5) is 5.95 Å². The number of carbonyl (C=O) groups excluding carboxylic acids is 1. The van der Waals surface area contributed by atoms with Crippen molar-refractivity contribution >= 4 is 11.9 Å². The zero-order valence-corrected chi connectivity index (χ0v) is 12.1. The molecule has 0 aromatic carbocycles. The predicted molar refractivity (Wildman–Crippen MR) is 75.9 cm³/mol. The molecule has 1 N–H and O–H groups in total. The molecule has 1 saturated heterocycles. The normalized spacial score (nSPS) is 26.0. The van der Waals surface area contributed by atoms with Crippen LogP contribution in [0.25, 0.3) is 0 Å². The van der Waals surface area contributed by atoms with Crippen molar-refractivity contribution in [2.75, 3.05) is 25.0 Å². The lowest BCUT2D eigenvalue weighted by atomic mass is 10.1. The van der Waals surface area contributed by atoms with Crippen molar-refractivity contribution in [1.29, 1.82) is 0 Å². The van der Waals surface area contributed by atoms with E-state index < -0.39 is 0 Å². The number of morpholine rings is 1. The second kappa shape index (κ2) is 5.44. The van der Waals surface area contributed by atoms with Crippen LogP contribution >= 0.6 is 0 Å². The van der Waals surface area contributed by atoms with Gasteiger partial charge in [-0.1, -0.05) is 6.92 Å². The molecule has 0 spiro atoms. The molecule has 0 radical (unpaired) electrons. The van der Waals surface area contributed by atoms with Gasteiger partial charge in [0.25, 0.3) is 5.91 Å². The van der Waals surface area contributed by atoms with Crippen LogP contribution in [0.3, 0.4) is 0 Å². The van der Waals surface area contributed by atoms with Gasteiger partial charge in [0.2, 0.25) is 5.95 Å². The van der Waals surface area contributed by atoms with E-state index in [4.69, 9.17) is 4.74 Å². The minimum atomic E-state index is 0.0238. The van der Waals surface area contributed by atoms with Crippen LogP contribution in [0.2, 0.25) is 0 Å². The van der Waals surface area contributed by atoms with Gasteiger partial charge in [-0.3, -0.25) is 4.79 Å². The maximum absolute atomic E-state index is 12.7. The quantitative estimate of drug-likeness (QED) is 0.887. The molecule has 3 rings (SSSR count). The number of hydrogen-bond acceptors (Lipinski definition) is 4. The van der Waals surface area contributed by atoms with E-state index in [1.165, 1.54) is 0 Å². The number of amides is 1. The average Bonchev–Trinajstić information content (AvgIpc) is 2.90. The van der Waals surface area contributed by atoms with Crippen molar-refractivity contribution in [3.05, 3.63) is 11.9 Å². The third kappa shape index (κ3) is 2.40. The first-order chi connectivity index (χ1) is 9.69. The van der Waals surface area contributed by atoms with E-state index in [1.54, 1.807) is 0 Å². The second-order valence-electron chi connectivity index (χ2n) is 5.59. The van der Waals surface area contributed by atoms with Crippen molar-refractivity contribution < 1.29 is 9.53 Å². The number of fused-ring (bicyclic) bond motifs is 1. The maximum atomic E-state index is 12.7. The summed E-state index contributed by atoms with van der Waals surface area (Å²) in [4.78, 5) is 19.1. The van der Waals surface area contributed by atoms with Crippen LogP contribution in [0.1, 0.15) is 37.2 Å². The van der Waals surface area contributed by atoms with Gasteiger partial charge < -0.3 is 19.5 Å². The summed E-state index contributed by atoms with van der Waals surface area (Å²) in [6, 6.07) is 0.158. The Bertz CT molecular complexity index is 476. The van der Waals surface area contributed by atoms with Gasteiger partial charge in [-0.15, -0.1) is 0 Å². The van der Waals surface area contributed by atoms with Crippen molar-refractivity contribution in [2.45, 2.75) is 45.4 Å². The van der Waals surface area contributed by atoms with Crippen LogP contribution in [-0.4, -0.2) is 52.2 Å². The Morgan fingerprint density at radius 3 is 3.20 bits per heavy atom. The minimum absolute atomic E-state index is 0.0238. The summed E-state index contributed by atoms with van der Waals surface area (Å²) in [6.07, 6.45) is 3.95. The molecule has 6 nitrogen and oxygen atoms in total. The van der Waals surface area contributed by atoms with Gasteiger partial charge in [0, 0.05) is 25.8 Å². The molecule has 0 bridgehead atoms. The molecular weight excluding hydrogens is 256 g/mol. The molecule has 2 atom stereocenters. The molecule has 1 fully saturated rings. The van der Waals surface area contributed by atoms with Crippen molar-refractivity contribution in [3.63, 3.8) is 0 Å². The topological polar surface area (TPSA) is 59.4 Å². The number of anilines is 1. The van der Waals surface area contributed by atoms with Gasteiger partial charge in [0.1, 0.15) is 5.69 Å². The molecule has 1 amide bonds. The molecule has 1 aromatic rings. The minimum Gasteiger partial charge on any atom is -0.375 e. The molecule has 1 aromatic heterocycles. The average molecular weight is 278 g/mol. The molecule has 110 valence electrons. The Morgan fingerprint density at radius 2 is 2.45 bits per heavy atom. The smallest absolute Gasteiger partial charge is 0.274 e. The summed E-state index contributed by atoms with van der Waals surface area (Å²) in [7, 11) is 0. The van der Waals surface area contributed by atoms with E-state index >= 15 is 0 Å². The molecule has 6 heteroatoms. The van der Waals surface area contributed by atoms with Crippen molar-refractivity contribution in [2.24, 2.45) is 0 Å². The summed E-state index contributed by atoms with van der Waals surface area (Å²) in [5.41, 5.74) is 0.543. The highest BCUT2D eigenvalue weighted by molar-refractivity contribution is 5.93. The lowest BCUT2D eigenvalue weighted by Crippen LogP contribution is -2.51. The summed E-state index contributed by atoms with van der Waals surface area (Å²) in [5.74, 6) is 0.838. The number of ether oxygens (including phenoxy) is 1. The summed E-state index contributed by atoms with van der Waals surface area (Å²) >= 11 is 0. The van der Waals surface area contributed by atoms with Gasteiger partial charge in [-0.25, -0.2) is 4.98 Å². The molecular formula is C14H22N4O2. The van der Waals surface area contributed by atoms with Crippen molar-refractivity contribution in [3.8, 4) is 0 Å². The highest BCUT2D eigenvalue weighted by atomic mass is 16.5. The van der Waals surface area contributed by atoms with Gasteiger partial charge in [-0.05, 0) is 19.8 Å². The third-order valence-electron chi connectivity index (χ3n) is 4.05. The number of rotatable bonds is 2. The monoisotopic (exact) mass is 278 g/mol. The number of aromatic nitrogens is 2. The summed E-state index contributed by atoms with van der Waals surface area (Å²) < 4.78 is 7.68. The Labute approximate surface area is 119 Å². The molecule has 0 saturated carbocycles. The van der Waals surface area contributed by atoms with Gasteiger partial charge in [0.05, 0.1) is 18.8 Å². The van der Waals surface area contributed by atoms with Crippen LogP contribution in [-0.2, 0) is 11.3 Å². The molecule has 2 aliphatic rings. The molecule has 0 aliphatic carbocycles. The third-order valence-corrected chi connectivity index (χ3v) is 4.05. The van der Waals surface area contributed by atoms with Gasteiger partial charge in [-0.2, -0.15) is 0 Å². The molecule has 20 heavy (non-hydrogen) atoms. The van der Waals surface area contributed by atoms with Crippen LogP contribution in [0.15, 0.2) is 6.20 Å². The van der Waals surface area contributed by atoms with E-state index in [9.17, 15) is 4.79 Å². The van der Waals surface area contributed by atoms with Gasteiger partial charge in [0.15, 0.2) is 0 Å². The number of carbonyl (C=O) groups is 1. The maximum Gasteiger partial charge on any atom is 0.274 e. The number of nitrogens with zero attached hydrogens (tertiary/aromatic N) is 3. The van der Waals surface area contributed by atoms with Crippen LogP contribution in [0, 0.1) is 0 Å². The number of nitrogens with one attached hydrogen (secondary N) is 1. The predicted octanol–water partition coefficient (Wildman–Crippen LogP) is 1.34. The van der Waals surface area contributed by atoms with E-state index in [0.717, 1.165) is 31.9 Å². The van der Waals surface area contributed by atoms with Crippen LogP contribution in [0.5, 0.6) is 0 Å². The first-order valence-electron chi connectivity index (χ1n) is 7.42. The first-order valence-corrected chi connectivity index (χ1v) is 7.42. The second-order valence-corrected chi connectivity index (χ2v) is 5.59. The van der Waals surface area contributed by atoms with E-state index in [-0.39, 0.29) is 18.1 Å². The van der Waals surface area contributed by atoms with Crippen LogP contribution < -0.4 is 5.32 Å². The number of aryl methyl sites for hydroxylation is 1.